The van der Waals surface area contributed by atoms with Crippen molar-refractivity contribution in [1.29, 1.82) is 0 Å². The van der Waals surface area contributed by atoms with E-state index in [9.17, 15) is 9.18 Å². The highest BCUT2D eigenvalue weighted by Gasteiger charge is 2.05. The Hall–Kier alpha value is -2.41. The molecule has 0 unspecified atom stereocenters. The molecule has 0 aliphatic heterocycles. The number of aliphatic imine (C=N–C) groups is 1. The van der Waals surface area contributed by atoms with Gasteiger partial charge < -0.3 is 15.5 Å². The summed E-state index contributed by atoms with van der Waals surface area (Å²) in [6.45, 7) is 1.31. The SMILES string of the molecule is CN(C)C(=O)CN=C(NCCc1cccc(F)c1)NCc1cccs1. The van der Waals surface area contributed by atoms with Crippen molar-refractivity contribution in [3.63, 3.8) is 0 Å². The van der Waals surface area contributed by atoms with Gasteiger partial charge in [0, 0.05) is 25.5 Å². The lowest BCUT2D eigenvalue weighted by Crippen LogP contribution is -2.39. The number of nitrogens with one attached hydrogen (secondary N) is 2. The first-order chi connectivity index (χ1) is 12.0. The average molecular weight is 362 g/mol. The van der Waals surface area contributed by atoms with Crippen LogP contribution in [0.3, 0.4) is 0 Å². The Bertz CT molecular complexity index is 701. The molecule has 2 N–H and O–H groups in total. The van der Waals surface area contributed by atoms with Crippen LogP contribution in [0.4, 0.5) is 4.39 Å². The molecule has 0 saturated heterocycles. The normalized spacial score (nSPS) is 11.2. The van der Waals surface area contributed by atoms with E-state index in [0.717, 1.165) is 5.56 Å². The van der Waals surface area contributed by atoms with Gasteiger partial charge in [0.2, 0.25) is 5.91 Å². The summed E-state index contributed by atoms with van der Waals surface area (Å²) in [7, 11) is 3.40. The van der Waals surface area contributed by atoms with Crippen LogP contribution in [0.5, 0.6) is 0 Å². The van der Waals surface area contributed by atoms with Gasteiger partial charge in [-0.1, -0.05) is 18.2 Å². The van der Waals surface area contributed by atoms with Crippen molar-refractivity contribution in [2.24, 2.45) is 4.99 Å². The van der Waals surface area contributed by atoms with Crippen molar-refractivity contribution >= 4 is 23.2 Å². The molecule has 0 aliphatic carbocycles. The van der Waals surface area contributed by atoms with Gasteiger partial charge in [0.05, 0.1) is 6.54 Å². The fraction of sp³-hybridized carbons (Fsp3) is 0.333. The first-order valence-corrected chi connectivity index (χ1v) is 8.91. The van der Waals surface area contributed by atoms with Gasteiger partial charge >= 0.3 is 0 Å². The lowest BCUT2D eigenvalue weighted by Gasteiger charge is -2.13. The molecule has 0 fully saturated rings. The molecule has 1 amide bonds. The van der Waals surface area contributed by atoms with Crippen LogP contribution < -0.4 is 10.6 Å². The van der Waals surface area contributed by atoms with E-state index in [1.165, 1.54) is 21.9 Å². The van der Waals surface area contributed by atoms with Crippen LogP contribution in [0, 0.1) is 5.82 Å². The predicted molar refractivity (Wildman–Crippen MR) is 100 cm³/mol. The van der Waals surface area contributed by atoms with Crippen LogP contribution >= 0.6 is 11.3 Å². The molecule has 0 bridgehead atoms. The zero-order valence-electron chi connectivity index (χ0n) is 14.5. The summed E-state index contributed by atoms with van der Waals surface area (Å²) < 4.78 is 13.2. The summed E-state index contributed by atoms with van der Waals surface area (Å²) in [5.74, 6) is 0.265. The minimum absolute atomic E-state index is 0.0673. The topological polar surface area (TPSA) is 56.7 Å². The Morgan fingerprint density at radius 1 is 1.24 bits per heavy atom. The Morgan fingerprint density at radius 2 is 2.08 bits per heavy atom. The van der Waals surface area contributed by atoms with Crippen LogP contribution in [0.25, 0.3) is 0 Å². The molecule has 134 valence electrons. The van der Waals surface area contributed by atoms with Gasteiger partial charge in [0.15, 0.2) is 5.96 Å². The molecule has 25 heavy (non-hydrogen) atoms. The molecule has 5 nitrogen and oxygen atoms in total. The number of guanidine groups is 1. The summed E-state index contributed by atoms with van der Waals surface area (Å²) in [4.78, 5) is 18.7. The quantitative estimate of drug-likeness (QED) is 0.587. The molecule has 1 aromatic heterocycles. The number of benzene rings is 1. The second-order valence-corrected chi connectivity index (χ2v) is 6.72. The molecule has 1 aromatic carbocycles. The van der Waals surface area contributed by atoms with Gasteiger partial charge in [0.1, 0.15) is 12.4 Å². The number of likely N-dealkylation sites (N-methyl/N-ethyl adjacent to an activating group) is 1. The summed E-state index contributed by atoms with van der Waals surface area (Å²) in [6, 6.07) is 10.6. The van der Waals surface area contributed by atoms with E-state index in [2.05, 4.69) is 15.6 Å². The fourth-order valence-corrected chi connectivity index (χ4v) is 2.71. The Morgan fingerprint density at radius 3 is 2.76 bits per heavy atom. The summed E-state index contributed by atoms with van der Waals surface area (Å²) in [5.41, 5.74) is 0.912. The average Bonchev–Trinajstić information content (AvgIpc) is 3.10. The molecule has 0 saturated carbocycles. The Labute approximate surface area is 151 Å². The Balaban J connectivity index is 1.90. The minimum Gasteiger partial charge on any atom is -0.356 e. The molecular weight excluding hydrogens is 339 g/mol. The molecular formula is C18H23FN4OS. The van der Waals surface area contributed by atoms with Crippen molar-refractivity contribution in [2.45, 2.75) is 13.0 Å². The van der Waals surface area contributed by atoms with Crippen molar-refractivity contribution in [3.05, 3.63) is 58.0 Å². The van der Waals surface area contributed by atoms with Gasteiger partial charge in [-0.3, -0.25) is 4.79 Å². The highest BCUT2D eigenvalue weighted by Crippen LogP contribution is 2.07. The number of nitrogens with zero attached hydrogens (tertiary/aromatic N) is 2. The number of hydrogen-bond acceptors (Lipinski definition) is 3. The molecule has 0 radical (unpaired) electrons. The fourth-order valence-electron chi connectivity index (χ4n) is 2.06. The summed E-state index contributed by atoms with van der Waals surface area (Å²) >= 11 is 1.65. The van der Waals surface area contributed by atoms with E-state index in [1.807, 2.05) is 23.6 Å². The van der Waals surface area contributed by atoms with Crippen LogP contribution in [0.2, 0.25) is 0 Å². The third-order valence-electron chi connectivity index (χ3n) is 3.48. The largest absolute Gasteiger partial charge is 0.356 e. The number of hydrogen-bond donors (Lipinski definition) is 2. The molecule has 0 aliphatic rings. The minimum atomic E-state index is -0.237. The van der Waals surface area contributed by atoms with Crippen molar-refractivity contribution < 1.29 is 9.18 Å². The van der Waals surface area contributed by atoms with E-state index < -0.39 is 0 Å². The number of carbonyl (C=O) groups is 1. The van der Waals surface area contributed by atoms with E-state index in [1.54, 1.807) is 31.5 Å². The second-order valence-electron chi connectivity index (χ2n) is 5.69. The van der Waals surface area contributed by atoms with Gasteiger partial charge in [0.25, 0.3) is 0 Å². The van der Waals surface area contributed by atoms with Crippen LogP contribution in [-0.2, 0) is 17.8 Å². The lowest BCUT2D eigenvalue weighted by atomic mass is 10.1. The van der Waals surface area contributed by atoms with Crippen molar-refractivity contribution in [3.8, 4) is 0 Å². The van der Waals surface area contributed by atoms with E-state index >= 15 is 0 Å². The molecule has 0 atom stereocenters. The molecule has 1 heterocycles. The molecule has 2 aromatic rings. The first-order valence-electron chi connectivity index (χ1n) is 8.04. The van der Waals surface area contributed by atoms with E-state index in [0.29, 0.717) is 25.5 Å². The van der Waals surface area contributed by atoms with E-state index in [4.69, 9.17) is 0 Å². The maximum absolute atomic E-state index is 13.2. The van der Waals surface area contributed by atoms with Gasteiger partial charge in [-0.05, 0) is 35.6 Å². The smallest absolute Gasteiger partial charge is 0.243 e. The molecule has 2 rings (SSSR count). The van der Waals surface area contributed by atoms with Crippen LogP contribution in [-0.4, -0.2) is 44.0 Å². The van der Waals surface area contributed by atoms with Crippen molar-refractivity contribution in [2.75, 3.05) is 27.2 Å². The highest BCUT2D eigenvalue weighted by molar-refractivity contribution is 7.09. The van der Waals surface area contributed by atoms with E-state index in [-0.39, 0.29) is 18.3 Å². The van der Waals surface area contributed by atoms with Gasteiger partial charge in [-0.15, -0.1) is 11.3 Å². The van der Waals surface area contributed by atoms with Gasteiger partial charge in [-0.2, -0.15) is 0 Å². The standard InChI is InChI=1S/C18H23FN4OS/c1-23(2)17(24)13-22-18(21-12-16-7-4-10-25-16)20-9-8-14-5-3-6-15(19)11-14/h3-7,10-11H,8-9,12-13H2,1-2H3,(H2,20,21,22). The maximum atomic E-state index is 13.2. The third kappa shape index (κ3) is 6.93. The monoisotopic (exact) mass is 362 g/mol. The maximum Gasteiger partial charge on any atom is 0.243 e. The number of amides is 1. The number of halogens is 1. The first kappa shape index (κ1) is 18.9. The van der Waals surface area contributed by atoms with Crippen LogP contribution in [0.15, 0.2) is 46.8 Å². The second kappa shape index (κ2) is 9.78. The van der Waals surface area contributed by atoms with Crippen molar-refractivity contribution in [1.82, 2.24) is 15.5 Å². The molecule has 0 spiro atoms. The van der Waals surface area contributed by atoms with Crippen LogP contribution in [0.1, 0.15) is 10.4 Å². The zero-order valence-corrected chi connectivity index (χ0v) is 15.3. The third-order valence-corrected chi connectivity index (χ3v) is 4.35. The number of rotatable bonds is 7. The summed E-state index contributed by atoms with van der Waals surface area (Å²) in [5, 5.41) is 8.43. The molecule has 7 heteroatoms. The Kier molecular flexibility index (Phi) is 7.40. The predicted octanol–water partition coefficient (Wildman–Crippen LogP) is 2.25. The number of carbonyl (C=O) groups excluding carboxylic acids is 1. The zero-order chi connectivity index (χ0) is 18.1. The summed E-state index contributed by atoms with van der Waals surface area (Å²) in [6.07, 6.45) is 0.666. The van der Waals surface area contributed by atoms with Gasteiger partial charge in [-0.25, -0.2) is 9.38 Å². The number of thiophene rings is 1. The highest BCUT2D eigenvalue weighted by atomic mass is 32.1. The lowest BCUT2D eigenvalue weighted by molar-refractivity contribution is -0.127.